The Hall–Kier alpha value is -0.710. The molecule has 0 radical (unpaired) electrons. The zero-order valence-electron chi connectivity index (χ0n) is 9.43. The van der Waals surface area contributed by atoms with Crippen LogP contribution in [0.2, 0.25) is 0 Å². The predicted molar refractivity (Wildman–Crippen MR) is 64.6 cm³/mol. The number of halogens is 4. The van der Waals surface area contributed by atoms with Crippen molar-refractivity contribution < 1.29 is 17.9 Å². The molecule has 1 unspecified atom stereocenters. The molecule has 0 amide bonds. The van der Waals surface area contributed by atoms with Crippen molar-refractivity contribution in [3.63, 3.8) is 0 Å². The molecule has 0 spiro atoms. The quantitative estimate of drug-likeness (QED) is 0.719. The third-order valence-electron chi connectivity index (χ3n) is 2.32. The SMILES string of the molecule is CCC(Br)CCOc1ccccc1C(F)(F)F. The van der Waals surface area contributed by atoms with Crippen molar-refractivity contribution in [3.05, 3.63) is 29.8 Å². The van der Waals surface area contributed by atoms with E-state index in [1.165, 1.54) is 18.2 Å². The van der Waals surface area contributed by atoms with E-state index in [0.29, 0.717) is 6.42 Å². The second kappa shape index (κ2) is 6.28. The summed E-state index contributed by atoms with van der Waals surface area (Å²) >= 11 is 3.41. The van der Waals surface area contributed by atoms with Crippen LogP contribution < -0.4 is 4.74 Å². The van der Waals surface area contributed by atoms with E-state index in [2.05, 4.69) is 15.9 Å². The van der Waals surface area contributed by atoms with Crippen molar-refractivity contribution in [1.29, 1.82) is 0 Å². The van der Waals surface area contributed by atoms with Crippen LogP contribution in [0.3, 0.4) is 0 Å². The number of rotatable bonds is 5. The maximum atomic E-state index is 12.6. The maximum absolute atomic E-state index is 12.6. The van der Waals surface area contributed by atoms with Crippen LogP contribution >= 0.6 is 15.9 Å². The monoisotopic (exact) mass is 310 g/mol. The number of hydrogen-bond acceptors (Lipinski definition) is 1. The Kier molecular flexibility index (Phi) is 5.31. The summed E-state index contributed by atoms with van der Waals surface area (Å²) in [7, 11) is 0. The normalized spacial score (nSPS) is 13.5. The van der Waals surface area contributed by atoms with E-state index in [0.717, 1.165) is 12.5 Å². The smallest absolute Gasteiger partial charge is 0.419 e. The third-order valence-corrected chi connectivity index (χ3v) is 3.43. The van der Waals surface area contributed by atoms with Gasteiger partial charge in [-0.15, -0.1) is 0 Å². The predicted octanol–water partition coefficient (Wildman–Crippen LogP) is 4.65. The molecule has 0 saturated carbocycles. The topological polar surface area (TPSA) is 9.23 Å². The second-order valence-electron chi connectivity index (χ2n) is 3.64. The van der Waals surface area contributed by atoms with Crippen molar-refractivity contribution in [1.82, 2.24) is 0 Å². The van der Waals surface area contributed by atoms with Crippen molar-refractivity contribution in [2.24, 2.45) is 0 Å². The molecule has 17 heavy (non-hydrogen) atoms. The Morgan fingerprint density at radius 1 is 1.29 bits per heavy atom. The van der Waals surface area contributed by atoms with Gasteiger partial charge in [0.2, 0.25) is 0 Å². The summed E-state index contributed by atoms with van der Waals surface area (Å²) in [4.78, 5) is 0.278. The summed E-state index contributed by atoms with van der Waals surface area (Å²) < 4.78 is 43.0. The second-order valence-corrected chi connectivity index (χ2v) is 4.93. The van der Waals surface area contributed by atoms with Crippen LogP contribution in [0.15, 0.2) is 24.3 Å². The molecule has 1 atom stereocenters. The van der Waals surface area contributed by atoms with E-state index in [-0.39, 0.29) is 17.2 Å². The van der Waals surface area contributed by atoms with Crippen LogP contribution in [0, 0.1) is 0 Å². The number of benzene rings is 1. The van der Waals surface area contributed by atoms with Crippen molar-refractivity contribution in [3.8, 4) is 5.75 Å². The molecule has 1 aromatic carbocycles. The minimum atomic E-state index is -4.37. The highest BCUT2D eigenvalue weighted by molar-refractivity contribution is 9.09. The average Bonchev–Trinajstić information content (AvgIpc) is 2.28. The first-order valence-electron chi connectivity index (χ1n) is 5.38. The fourth-order valence-corrected chi connectivity index (χ4v) is 1.51. The molecule has 1 rings (SSSR count). The van der Waals surface area contributed by atoms with Crippen molar-refractivity contribution in [2.45, 2.75) is 30.8 Å². The number of para-hydroxylation sites is 1. The van der Waals surface area contributed by atoms with Crippen LogP contribution in [0.4, 0.5) is 13.2 Å². The molecule has 0 N–H and O–H groups in total. The standard InChI is InChI=1S/C12H14BrF3O/c1-2-9(13)7-8-17-11-6-4-3-5-10(11)12(14,15)16/h3-6,9H,2,7-8H2,1H3. The molecule has 0 saturated heterocycles. The minimum absolute atomic E-state index is 0.101. The largest absolute Gasteiger partial charge is 0.493 e. The van der Waals surface area contributed by atoms with Gasteiger partial charge in [-0.2, -0.15) is 13.2 Å². The molecular weight excluding hydrogens is 297 g/mol. The van der Waals surface area contributed by atoms with Gasteiger partial charge in [0.1, 0.15) is 5.75 Å². The van der Waals surface area contributed by atoms with Crippen LogP contribution in [-0.2, 0) is 6.18 Å². The number of hydrogen-bond donors (Lipinski definition) is 0. The van der Waals surface area contributed by atoms with E-state index < -0.39 is 11.7 Å². The van der Waals surface area contributed by atoms with Crippen LogP contribution in [0.5, 0.6) is 5.75 Å². The molecule has 0 fully saturated rings. The lowest BCUT2D eigenvalue weighted by Gasteiger charge is -2.14. The van der Waals surface area contributed by atoms with E-state index >= 15 is 0 Å². The zero-order valence-corrected chi connectivity index (χ0v) is 11.0. The average molecular weight is 311 g/mol. The highest BCUT2D eigenvalue weighted by Crippen LogP contribution is 2.35. The molecule has 0 heterocycles. The number of ether oxygens (including phenoxy) is 1. The summed E-state index contributed by atoms with van der Waals surface area (Å²) in [6.07, 6.45) is -2.76. The summed E-state index contributed by atoms with van der Waals surface area (Å²) in [6.45, 7) is 2.28. The molecule has 0 aliphatic heterocycles. The van der Waals surface area contributed by atoms with Gasteiger partial charge < -0.3 is 4.74 Å². The molecule has 96 valence electrons. The summed E-state index contributed by atoms with van der Waals surface area (Å²) in [5.74, 6) is -0.101. The van der Waals surface area contributed by atoms with Gasteiger partial charge in [0.05, 0.1) is 12.2 Å². The van der Waals surface area contributed by atoms with Gasteiger partial charge in [0.15, 0.2) is 0 Å². The summed E-state index contributed by atoms with van der Waals surface area (Å²) in [5, 5.41) is 0. The fraction of sp³-hybridized carbons (Fsp3) is 0.500. The molecular formula is C12H14BrF3O. The first-order chi connectivity index (χ1) is 7.95. The van der Waals surface area contributed by atoms with Gasteiger partial charge >= 0.3 is 6.18 Å². The van der Waals surface area contributed by atoms with Gasteiger partial charge in [0.25, 0.3) is 0 Å². The van der Waals surface area contributed by atoms with E-state index in [1.54, 1.807) is 0 Å². The Morgan fingerprint density at radius 3 is 2.53 bits per heavy atom. The maximum Gasteiger partial charge on any atom is 0.419 e. The Balaban J connectivity index is 2.65. The molecule has 0 aromatic heterocycles. The third kappa shape index (κ3) is 4.58. The summed E-state index contributed by atoms with van der Waals surface area (Å²) in [5.41, 5.74) is -0.720. The van der Waals surface area contributed by atoms with Gasteiger partial charge in [-0.1, -0.05) is 35.0 Å². The van der Waals surface area contributed by atoms with Crippen LogP contribution in [-0.4, -0.2) is 11.4 Å². The van der Waals surface area contributed by atoms with E-state index in [4.69, 9.17) is 4.74 Å². The molecule has 0 aliphatic rings. The lowest BCUT2D eigenvalue weighted by Crippen LogP contribution is -2.11. The Labute approximate surface area is 107 Å². The molecule has 5 heteroatoms. The molecule has 1 aromatic rings. The van der Waals surface area contributed by atoms with Gasteiger partial charge in [-0.25, -0.2) is 0 Å². The summed E-state index contributed by atoms with van der Waals surface area (Å²) in [6, 6.07) is 5.27. The lowest BCUT2D eigenvalue weighted by atomic mass is 10.2. The van der Waals surface area contributed by atoms with E-state index in [9.17, 15) is 13.2 Å². The molecule has 0 aliphatic carbocycles. The Bertz CT molecular complexity index is 352. The zero-order chi connectivity index (χ0) is 12.9. The van der Waals surface area contributed by atoms with Crippen LogP contribution in [0.1, 0.15) is 25.3 Å². The van der Waals surface area contributed by atoms with Gasteiger partial charge in [0, 0.05) is 4.83 Å². The van der Waals surface area contributed by atoms with Crippen LogP contribution in [0.25, 0.3) is 0 Å². The van der Waals surface area contributed by atoms with Crippen molar-refractivity contribution in [2.75, 3.05) is 6.61 Å². The highest BCUT2D eigenvalue weighted by atomic mass is 79.9. The first kappa shape index (κ1) is 14.4. The van der Waals surface area contributed by atoms with Gasteiger partial charge in [-0.3, -0.25) is 0 Å². The highest BCUT2D eigenvalue weighted by Gasteiger charge is 2.33. The Morgan fingerprint density at radius 2 is 1.94 bits per heavy atom. The minimum Gasteiger partial charge on any atom is -0.493 e. The van der Waals surface area contributed by atoms with Crippen molar-refractivity contribution >= 4 is 15.9 Å². The van der Waals surface area contributed by atoms with Gasteiger partial charge in [-0.05, 0) is 25.0 Å². The fourth-order valence-electron chi connectivity index (χ4n) is 1.33. The lowest BCUT2D eigenvalue weighted by molar-refractivity contribution is -0.138. The number of alkyl halides is 4. The molecule has 0 bridgehead atoms. The first-order valence-corrected chi connectivity index (χ1v) is 6.29. The van der Waals surface area contributed by atoms with E-state index in [1.807, 2.05) is 6.92 Å². The molecule has 1 nitrogen and oxygen atoms in total.